The van der Waals surface area contributed by atoms with Crippen molar-refractivity contribution >= 4 is 7.69 Å². The third-order valence-electron chi connectivity index (χ3n) is 2.01. The second-order valence-electron chi connectivity index (χ2n) is 2.85. The number of hydrogen-bond acceptors (Lipinski definition) is 1. The van der Waals surface area contributed by atoms with Crippen molar-refractivity contribution < 1.29 is 8.71 Å². The molecule has 1 rings (SSSR count). The van der Waals surface area contributed by atoms with Gasteiger partial charge in [0.2, 0.25) is 0 Å². The quantitative estimate of drug-likeness (QED) is 0.506. The van der Waals surface area contributed by atoms with Crippen LogP contribution in [-0.2, 0) is 0 Å². The maximum absolute atomic E-state index is 12.4. The molecule has 0 aromatic heterocycles. The van der Waals surface area contributed by atoms with Crippen molar-refractivity contribution in [1.82, 2.24) is 4.90 Å². The molecule has 4 heteroatoms. The van der Waals surface area contributed by atoms with Crippen molar-refractivity contribution in [2.75, 3.05) is 20.3 Å². The van der Waals surface area contributed by atoms with E-state index in [1.165, 1.54) is 0 Å². The van der Waals surface area contributed by atoms with Crippen LogP contribution >= 0.6 is 0 Å². The fourth-order valence-electron chi connectivity index (χ4n) is 1.16. The van der Waals surface area contributed by atoms with Crippen LogP contribution < -0.4 is 0 Å². The minimum atomic E-state index is -0.294. The molecule has 0 aliphatic carbocycles. The van der Waals surface area contributed by atoms with Gasteiger partial charge in [-0.1, -0.05) is 0 Å². The first-order valence-electron chi connectivity index (χ1n) is 3.54. The van der Waals surface area contributed by atoms with Gasteiger partial charge in [0.1, 0.15) is 6.67 Å². The molecule has 1 aliphatic rings. The normalized spacial score (nSPS) is 31.3. The van der Waals surface area contributed by atoms with Gasteiger partial charge in [-0.15, -0.1) is 0 Å². The summed E-state index contributed by atoms with van der Waals surface area (Å²) in [6, 6.07) is 0. The highest BCUT2D eigenvalue weighted by Gasteiger charge is 2.30. The Kier molecular flexibility index (Phi) is 1.99. The van der Waals surface area contributed by atoms with E-state index >= 15 is 0 Å². The molecule has 0 saturated heterocycles. The topological polar surface area (TPSA) is 3.24 Å². The average Bonchev–Trinajstić information content (AvgIpc) is 2.33. The van der Waals surface area contributed by atoms with Crippen LogP contribution in [0.3, 0.4) is 0 Å². The highest BCUT2D eigenvalue weighted by atomic mass is 19.1. The molecule has 0 saturated carbocycles. The molecule has 0 aromatic carbocycles. The largest absolute Gasteiger partial charge is 0.602 e. The van der Waals surface area contributed by atoms with Crippen LogP contribution in [0, 0.1) is 0 Å². The molecule has 0 spiro atoms. The summed E-state index contributed by atoms with van der Waals surface area (Å²) in [6.45, 7) is 3.60. The van der Waals surface area contributed by atoms with Gasteiger partial charge in [0, 0.05) is 7.05 Å². The molecule has 0 aromatic rings. The predicted molar refractivity (Wildman–Crippen MR) is 40.8 cm³/mol. The van der Waals surface area contributed by atoms with Gasteiger partial charge < -0.3 is 9.29 Å². The fourth-order valence-corrected chi connectivity index (χ4v) is 1.16. The predicted octanol–water partition coefficient (Wildman–Crippen LogP) is 0.433. The van der Waals surface area contributed by atoms with Gasteiger partial charge >= 0.3 is 7.69 Å². The minimum absolute atomic E-state index is 0.294. The van der Waals surface area contributed by atoms with Crippen molar-refractivity contribution in [2.45, 2.75) is 6.92 Å². The van der Waals surface area contributed by atoms with Crippen molar-refractivity contribution in [1.29, 1.82) is 0 Å². The van der Waals surface area contributed by atoms with Gasteiger partial charge in [0.25, 0.3) is 0 Å². The number of quaternary nitrogens is 1. The number of nitrogens with zero attached hydrogens (tertiary/aromatic N) is 2. The van der Waals surface area contributed by atoms with E-state index in [0.717, 1.165) is 13.2 Å². The summed E-state index contributed by atoms with van der Waals surface area (Å²) in [5, 5.41) is 0. The van der Waals surface area contributed by atoms with Crippen molar-refractivity contribution in [3.05, 3.63) is 12.4 Å². The summed E-state index contributed by atoms with van der Waals surface area (Å²) in [5.74, 6) is 0. The van der Waals surface area contributed by atoms with E-state index < -0.39 is 0 Å². The Morgan fingerprint density at radius 1 is 1.80 bits per heavy atom. The Hall–Kier alpha value is -0.505. The Bertz CT molecular complexity index is 145. The maximum Gasteiger partial charge on any atom is 0.602 e. The lowest BCUT2D eigenvalue weighted by Gasteiger charge is -2.27. The molecule has 1 aliphatic heterocycles. The first-order chi connectivity index (χ1) is 4.72. The lowest BCUT2D eigenvalue weighted by molar-refractivity contribution is -0.772. The molecular formula is C6H13BFN2+. The summed E-state index contributed by atoms with van der Waals surface area (Å²) < 4.78 is 12.9. The highest BCUT2D eigenvalue weighted by Crippen LogP contribution is 2.14. The van der Waals surface area contributed by atoms with Crippen molar-refractivity contribution in [2.24, 2.45) is 0 Å². The summed E-state index contributed by atoms with van der Waals surface area (Å²) in [5.41, 5.74) is 0. The number of rotatable bonds is 2. The van der Waals surface area contributed by atoms with Gasteiger partial charge in [0.15, 0.2) is 0 Å². The van der Waals surface area contributed by atoms with Gasteiger partial charge in [-0.2, -0.15) is 0 Å². The van der Waals surface area contributed by atoms with Gasteiger partial charge in [-0.3, -0.25) is 4.32 Å². The van der Waals surface area contributed by atoms with Crippen LogP contribution in [-0.4, -0.2) is 37.2 Å². The molecule has 2 nitrogen and oxygen atoms in total. The van der Waals surface area contributed by atoms with E-state index in [4.69, 9.17) is 0 Å². The molecule has 1 unspecified atom stereocenters. The van der Waals surface area contributed by atoms with E-state index in [1.54, 1.807) is 0 Å². The zero-order valence-electron chi connectivity index (χ0n) is 6.55. The maximum atomic E-state index is 12.4. The van der Waals surface area contributed by atoms with E-state index in [9.17, 15) is 4.32 Å². The van der Waals surface area contributed by atoms with Gasteiger partial charge in [-0.05, 0) is 6.92 Å². The molecule has 0 bridgehead atoms. The van der Waals surface area contributed by atoms with E-state index in [2.05, 4.69) is 0 Å². The highest BCUT2D eigenvalue weighted by molar-refractivity contribution is 6.16. The van der Waals surface area contributed by atoms with E-state index in [1.807, 2.05) is 31.3 Å². The summed E-state index contributed by atoms with van der Waals surface area (Å²) in [7, 11) is 1.67. The standard InChI is InChI=1S/C6H13BFN2/c1-3-10(7-8)5-4-9(2)6-10/h4-5,7H,3,6H2,1-2H3/q+1. The Balaban J connectivity index is 2.61. The Morgan fingerprint density at radius 3 is 2.70 bits per heavy atom. The van der Waals surface area contributed by atoms with Crippen LogP contribution in [0.15, 0.2) is 12.4 Å². The zero-order valence-corrected chi connectivity index (χ0v) is 6.55. The first-order valence-corrected chi connectivity index (χ1v) is 3.54. The Labute approximate surface area is 61.8 Å². The van der Waals surface area contributed by atoms with Gasteiger partial charge in [0.05, 0.1) is 18.9 Å². The first kappa shape index (κ1) is 7.60. The van der Waals surface area contributed by atoms with Crippen LogP contribution in [0.25, 0.3) is 0 Å². The smallest absolute Gasteiger partial charge is 0.331 e. The Morgan fingerprint density at radius 2 is 2.50 bits per heavy atom. The zero-order chi connectivity index (χ0) is 7.61. The molecule has 0 N–H and O–H groups in total. The molecule has 1 heterocycles. The van der Waals surface area contributed by atoms with Gasteiger partial charge in [-0.25, -0.2) is 0 Å². The summed E-state index contributed by atoms with van der Waals surface area (Å²) in [4.78, 5) is 2.00. The molecule has 56 valence electrons. The third kappa shape index (κ3) is 1.16. The van der Waals surface area contributed by atoms with Crippen molar-refractivity contribution in [3.8, 4) is 0 Å². The molecule has 10 heavy (non-hydrogen) atoms. The van der Waals surface area contributed by atoms with Crippen molar-refractivity contribution in [3.63, 3.8) is 0 Å². The fraction of sp³-hybridized carbons (Fsp3) is 0.667. The SMILES string of the molecule is CC[N+]1(BF)C=CN(C)C1. The molecular weight excluding hydrogens is 130 g/mol. The van der Waals surface area contributed by atoms with E-state index in [-0.39, 0.29) is 7.69 Å². The lowest BCUT2D eigenvalue weighted by Crippen LogP contribution is -2.45. The van der Waals surface area contributed by atoms with Crippen LogP contribution in [0.2, 0.25) is 0 Å². The summed E-state index contributed by atoms with van der Waals surface area (Å²) >= 11 is 0. The molecule has 0 radical (unpaired) electrons. The van der Waals surface area contributed by atoms with Crippen LogP contribution in [0.1, 0.15) is 6.92 Å². The molecule has 0 fully saturated rings. The molecule has 0 amide bonds. The number of hydrogen-bond donors (Lipinski definition) is 0. The minimum Gasteiger partial charge on any atom is -0.331 e. The average molecular weight is 143 g/mol. The second-order valence-corrected chi connectivity index (χ2v) is 2.85. The molecule has 1 atom stereocenters. The van der Waals surface area contributed by atoms with Crippen LogP contribution in [0.5, 0.6) is 0 Å². The second kappa shape index (κ2) is 2.62. The van der Waals surface area contributed by atoms with E-state index in [0.29, 0.717) is 4.39 Å². The lowest BCUT2D eigenvalue weighted by atomic mass is 10.2. The summed E-state index contributed by atoms with van der Waals surface area (Å²) in [6.07, 6.45) is 3.85. The monoisotopic (exact) mass is 143 g/mol. The number of halogens is 1. The third-order valence-corrected chi connectivity index (χ3v) is 2.01. The van der Waals surface area contributed by atoms with Crippen LogP contribution in [0.4, 0.5) is 4.32 Å².